The third kappa shape index (κ3) is 3.47. The summed E-state index contributed by atoms with van der Waals surface area (Å²) in [7, 11) is 0. The minimum absolute atomic E-state index is 0.438. The van der Waals surface area contributed by atoms with Crippen LogP contribution in [-0.4, -0.2) is 11.2 Å². The minimum atomic E-state index is -1.38. The Kier molecular flexibility index (Phi) is 3.74. The van der Waals surface area contributed by atoms with E-state index in [1.807, 2.05) is 0 Å². The number of alkyl halides is 1. The summed E-state index contributed by atoms with van der Waals surface area (Å²) in [6, 6.07) is 5.11. The van der Waals surface area contributed by atoms with E-state index < -0.39 is 11.8 Å². The number of aliphatic hydroxyl groups excluding tert-OH is 1. The molecule has 0 spiro atoms. The first-order chi connectivity index (χ1) is 6.80. The van der Waals surface area contributed by atoms with Crippen LogP contribution >= 0.6 is 11.6 Å². The molecule has 0 bridgehead atoms. The molecule has 1 rings (SSSR count). The van der Waals surface area contributed by atoms with Gasteiger partial charge in [0.2, 0.25) is 0 Å². The molecule has 0 amide bonds. The molecule has 15 heavy (non-hydrogen) atoms. The minimum Gasteiger partial charge on any atom is -0.393 e. The van der Waals surface area contributed by atoms with Crippen molar-refractivity contribution in [2.45, 2.75) is 39.0 Å². The SMILES string of the molecule is CC(O)Cc1ccc(C(C)(C)F)cc1Cl. The molecular weight excluding hydrogens is 215 g/mol. The number of hydrogen-bond donors (Lipinski definition) is 1. The number of hydrogen-bond acceptors (Lipinski definition) is 1. The monoisotopic (exact) mass is 230 g/mol. The molecule has 0 saturated carbocycles. The third-order valence-electron chi connectivity index (χ3n) is 2.25. The van der Waals surface area contributed by atoms with Crippen LogP contribution in [0.2, 0.25) is 5.02 Å². The van der Waals surface area contributed by atoms with E-state index in [1.165, 1.54) is 13.8 Å². The van der Waals surface area contributed by atoms with Gasteiger partial charge in [0.05, 0.1) is 6.10 Å². The lowest BCUT2D eigenvalue weighted by molar-refractivity contribution is 0.195. The highest BCUT2D eigenvalue weighted by atomic mass is 35.5. The van der Waals surface area contributed by atoms with Crippen LogP contribution in [0.5, 0.6) is 0 Å². The molecule has 0 aromatic heterocycles. The molecule has 1 nitrogen and oxygen atoms in total. The summed E-state index contributed by atoms with van der Waals surface area (Å²) in [6.07, 6.45) is 0.0537. The van der Waals surface area contributed by atoms with Crippen LogP contribution in [0.1, 0.15) is 31.9 Å². The Balaban J connectivity index is 2.98. The molecule has 0 radical (unpaired) electrons. The van der Waals surface area contributed by atoms with Gasteiger partial charge in [0.15, 0.2) is 0 Å². The lowest BCUT2D eigenvalue weighted by Gasteiger charge is -2.16. The van der Waals surface area contributed by atoms with Gasteiger partial charge in [-0.3, -0.25) is 0 Å². The van der Waals surface area contributed by atoms with E-state index in [9.17, 15) is 9.50 Å². The van der Waals surface area contributed by atoms with E-state index in [-0.39, 0.29) is 0 Å². The van der Waals surface area contributed by atoms with E-state index >= 15 is 0 Å². The first kappa shape index (κ1) is 12.5. The summed E-state index contributed by atoms with van der Waals surface area (Å²) in [4.78, 5) is 0. The van der Waals surface area contributed by atoms with E-state index in [2.05, 4.69) is 0 Å². The maximum Gasteiger partial charge on any atom is 0.130 e. The second-order valence-electron chi connectivity index (χ2n) is 4.33. The van der Waals surface area contributed by atoms with Crippen LogP contribution in [0.15, 0.2) is 18.2 Å². The van der Waals surface area contributed by atoms with Crippen LogP contribution in [0.3, 0.4) is 0 Å². The van der Waals surface area contributed by atoms with Crippen molar-refractivity contribution in [1.29, 1.82) is 0 Å². The van der Waals surface area contributed by atoms with Crippen molar-refractivity contribution in [1.82, 2.24) is 0 Å². The fourth-order valence-corrected chi connectivity index (χ4v) is 1.66. The number of halogens is 2. The number of aliphatic hydroxyl groups is 1. The molecule has 1 aromatic rings. The van der Waals surface area contributed by atoms with Gasteiger partial charge in [0, 0.05) is 5.02 Å². The van der Waals surface area contributed by atoms with Crippen molar-refractivity contribution in [3.8, 4) is 0 Å². The molecule has 0 aliphatic carbocycles. The Labute approximate surface area is 94.9 Å². The molecule has 0 fully saturated rings. The molecule has 0 saturated heterocycles. The highest BCUT2D eigenvalue weighted by Gasteiger charge is 2.19. The zero-order chi connectivity index (χ0) is 11.6. The Bertz CT molecular complexity index is 342. The van der Waals surface area contributed by atoms with Crippen molar-refractivity contribution >= 4 is 11.6 Å². The standard InChI is InChI=1S/C12H16ClFO/c1-8(15)6-9-4-5-10(7-11(9)13)12(2,3)14/h4-5,7-8,15H,6H2,1-3H3. The Morgan fingerprint density at radius 3 is 2.47 bits per heavy atom. The highest BCUT2D eigenvalue weighted by Crippen LogP contribution is 2.29. The molecule has 0 aliphatic rings. The quantitative estimate of drug-likeness (QED) is 0.843. The van der Waals surface area contributed by atoms with Crippen LogP contribution < -0.4 is 0 Å². The zero-order valence-electron chi connectivity index (χ0n) is 9.22. The van der Waals surface area contributed by atoms with Crippen molar-refractivity contribution in [2.75, 3.05) is 0 Å². The normalized spacial score (nSPS) is 14.0. The van der Waals surface area contributed by atoms with Gasteiger partial charge in [-0.2, -0.15) is 0 Å². The first-order valence-corrected chi connectivity index (χ1v) is 5.34. The topological polar surface area (TPSA) is 20.2 Å². The average Bonchev–Trinajstić information content (AvgIpc) is 2.05. The molecule has 0 heterocycles. The van der Waals surface area contributed by atoms with E-state index in [1.54, 1.807) is 25.1 Å². The van der Waals surface area contributed by atoms with Gasteiger partial charge < -0.3 is 5.11 Å². The van der Waals surface area contributed by atoms with Crippen molar-refractivity contribution in [2.24, 2.45) is 0 Å². The van der Waals surface area contributed by atoms with Crippen molar-refractivity contribution in [3.05, 3.63) is 34.3 Å². The summed E-state index contributed by atoms with van der Waals surface area (Å²) >= 11 is 6.00. The lowest BCUT2D eigenvalue weighted by Crippen LogP contribution is -2.10. The summed E-state index contributed by atoms with van der Waals surface area (Å²) in [5.74, 6) is 0. The molecule has 1 unspecified atom stereocenters. The van der Waals surface area contributed by atoms with E-state index in [0.29, 0.717) is 17.0 Å². The van der Waals surface area contributed by atoms with Crippen LogP contribution in [-0.2, 0) is 12.1 Å². The lowest BCUT2D eigenvalue weighted by atomic mass is 9.97. The molecule has 1 atom stereocenters. The van der Waals surface area contributed by atoms with Gasteiger partial charge in [-0.15, -0.1) is 0 Å². The van der Waals surface area contributed by atoms with Crippen molar-refractivity contribution in [3.63, 3.8) is 0 Å². The molecule has 3 heteroatoms. The van der Waals surface area contributed by atoms with Crippen LogP contribution in [0, 0.1) is 0 Å². The second-order valence-corrected chi connectivity index (χ2v) is 4.74. The van der Waals surface area contributed by atoms with Gasteiger partial charge in [-0.25, -0.2) is 4.39 Å². The molecular formula is C12H16ClFO. The van der Waals surface area contributed by atoms with Crippen LogP contribution in [0.25, 0.3) is 0 Å². The molecule has 1 aromatic carbocycles. The maximum atomic E-state index is 13.6. The molecule has 1 N–H and O–H groups in total. The summed E-state index contributed by atoms with van der Waals surface area (Å²) in [6.45, 7) is 4.68. The predicted octanol–water partition coefficient (Wildman–Crippen LogP) is 3.47. The van der Waals surface area contributed by atoms with Gasteiger partial charge in [-0.1, -0.05) is 23.7 Å². The predicted molar refractivity (Wildman–Crippen MR) is 61.0 cm³/mol. The molecule has 0 aliphatic heterocycles. The average molecular weight is 231 g/mol. The maximum absolute atomic E-state index is 13.6. The Morgan fingerprint density at radius 2 is 2.07 bits per heavy atom. The van der Waals surface area contributed by atoms with Gasteiger partial charge in [0.1, 0.15) is 5.67 Å². The second kappa shape index (κ2) is 4.50. The fourth-order valence-electron chi connectivity index (χ4n) is 1.40. The Hall–Kier alpha value is -0.600. The molecule has 84 valence electrons. The fraction of sp³-hybridized carbons (Fsp3) is 0.500. The van der Waals surface area contributed by atoms with E-state index in [4.69, 9.17) is 11.6 Å². The number of rotatable bonds is 3. The first-order valence-electron chi connectivity index (χ1n) is 4.96. The van der Waals surface area contributed by atoms with Gasteiger partial charge >= 0.3 is 0 Å². The summed E-state index contributed by atoms with van der Waals surface area (Å²) in [5.41, 5.74) is 0.0222. The third-order valence-corrected chi connectivity index (χ3v) is 2.61. The highest BCUT2D eigenvalue weighted by molar-refractivity contribution is 6.31. The largest absolute Gasteiger partial charge is 0.393 e. The smallest absolute Gasteiger partial charge is 0.130 e. The number of benzene rings is 1. The Morgan fingerprint density at radius 1 is 1.47 bits per heavy atom. The van der Waals surface area contributed by atoms with E-state index in [0.717, 1.165) is 5.56 Å². The zero-order valence-corrected chi connectivity index (χ0v) is 9.98. The van der Waals surface area contributed by atoms with Gasteiger partial charge in [-0.05, 0) is 44.4 Å². The van der Waals surface area contributed by atoms with Crippen molar-refractivity contribution < 1.29 is 9.50 Å². The summed E-state index contributed by atoms with van der Waals surface area (Å²) < 4.78 is 13.6. The van der Waals surface area contributed by atoms with Gasteiger partial charge in [0.25, 0.3) is 0 Å². The van der Waals surface area contributed by atoms with Crippen LogP contribution in [0.4, 0.5) is 4.39 Å². The summed E-state index contributed by atoms with van der Waals surface area (Å²) in [5, 5.41) is 9.74.